The standard InChI is InChI=1S/C11H14.C10H11FO2.C8H18/c1-9-6-7-10-4-2-3-5-11(10)8-9;1-3-9(12)7-4-6(2)10(13)8(11)5-7;1-4-6-7-8(3)5-2/h2-5,9H,6-8H2,1H3;4-5,13H,3H2,1-2H3;8H,4-7H2,1-3H3/t;;8-/m..1/s1. The third-order valence-electron chi connectivity index (χ3n) is 6.24. The molecule has 3 rings (SSSR count). The van der Waals surface area contributed by atoms with Crippen LogP contribution in [0.4, 0.5) is 4.39 Å². The molecule has 0 heterocycles. The fourth-order valence-corrected chi connectivity index (χ4v) is 3.74. The van der Waals surface area contributed by atoms with Crippen LogP contribution in [0.2, 0.25) is 0 Å². The number of carbonyl (C=O) groups excluding carboxylic acids is 1. The maximum absolute atomic E-state index is 12.9. The van der Waals surface area contributed by atoms with E-state index in [1.54, 1.807) is 25.0 Å². The number of aromatic hydroxyl groups is 1. The number of ketones is 1. The molecule has 32 heavy (non-hydrogen) atoms. The van der Waals surface area contributed by atoms with Crippen LogP contribution in [-0.4, -0.2) is 10.9 Å². The zero-order chi connectivity index (χ0) is 24.1. The molecule has 0 amide bonds. The second-order valence-electron chi connectivity index (χ2n) is 9.17. The summed E-state index contributed by atoms with van der Waals surface area (Å²) >= 11 is 0. The first-order valence-electron chi connectivity index (χ1n) is 12.3. The quantitative estimate of drug-likeness (QED) is 0.455. The number of unbranched alkanes of at least 4 members (excludes halogenated alkanes) is 1. The summed E-state index contributed by atoms with van der Waals surface area (Å²) < 4.78 is 12.9. The molecule has 2 aromatic carbocycles. The van der Waals surface area contributed by atoms with Crippen LogP contribution >= 0.6 is 0 Å². The van der Waals surface area contributed by atoms with Gasteiger partial charge in [0.2, 0.25) is 0 Å². The lowest BCUT2D eigenvalue weighted by atomic mass is 9.85. The van der Waals surface area contributed by atoms with E-state index in [9.17, 15) is 9.18 Å². The molecule has 0 saturated carbocycles. The highest BCUT2D eigenvalue weighted by Crippen LogP contribution is 2.24. The highest BCUT2D eigenvalue weighted by molar-refractivity contribution is 5.96. The van der Waals surface area contributed by atoms with E-state index in [-0.39, 0.29) is 11.5 Å². The molecule has 1 aliphatic rings. The molecule has 2 atom stereocenters. The van der Waals surface area contributed by atoms with Crippen LogP contribution in [0.25, 0.3) is 0 Å². The Morgan fingerprint density at radius 3 is 2.38 bits per heavy atom. The molecule has 0 radical (unpaired) electrons. The average molecular weight is 443 g/mol. The van der Waals surface area contributed by atoms with Crippen LogP contribution in [0.3, 0.4) is 0 Å². The van der Waals surface area contributed by atoms with Gasteiger partial charge in [0.1, 0.15) is 0 Å². The number of halogens is 1. The summed E-state index contributed by atoms with van der Waals surface area (Å²) in [7, 11) is 0. The highest BCUT2D eigenvalue weighted by atomic mass is 19.1. The van der Waals surface area contributed by atoms with Gasteiger partial charge in [0.25, 0.3) is 0 Å². The summed E-state index contributed by atoms with van der Waals surface area (Å²) in [6.45, 7) is 12.5. The molecule has 1 aliphatic carbocycles. The molecule has 0 bridgehead atoms. The van der Waals surface area contributed by atoms with Gasteiger partial charge in [0.15, 0.2) is 17.3 Å². The fourth-order valence-electron chi connectivity index (χ4n) is 3.74. The molecule has 1 N–H and O–H groups in total. The molecule has 0 aliphatic heterocycles. The van der Waals surface area contributed by atoms with E-state index in [1.165, 1.54) is 51.0 Å². The second-order valence-corrected chi connectivity index (χ2v) is 9.17. The minimum absolute atomic E-state index is 0.123. The molecule has 0 aromatic heterocycles. The largest absolute Gasteiger partial charge is 0.505 e. The number of rotatable bonds is 6. The Hall–Kier alpha value is -2.16. The van der Waals surface area contributed by atoms with E-state index in [0.29, 0.717) is 17.5 Å². The van der Waals surface area contributed by atoms with Gasteiger partial charge in [-0.25, -0.2) is 4.39 Å². The molecular formula is C29H43FO2. The van der Waals surface area contributed by atoms with Gasteiger partial charge in [0, 0.05) is 12.0 Å². The van der Waals surface area contributed by atoms with Crippen molar-refractivity contribution in [3.8, 4) is 5.75 Å². The van der Waals surface area contributed by atoms with Crippen LogP contribution in [-0.2, 0) is 12.8 Å². The van der Waals surface area contributed by atoms with E-state index in [1.807, 2.05) is 0 Å². The zero-order valence-corrected chi connectivity index (χ0v) is 21.0. The summed E-state index contributed by atoms with van der Waals surface area (Å²) in [5.74, 6) is 0.603. The predicted molar refractivity (Wildman–Crippen MR) is 134 cm³/mol. The molecule has 0 spiro atoms. The van der Waals surface area contributed by atoms with Crippen molar-refractivity contribution in [2.45, 2.75) is 92.9 Å². The van der Waals surface area contributed by atoms with Crippen LogP contribution in [0.5, 0.6) is 5.75 Å². The molecule has 3 heteroatoms. The maximum Gasteiger partial charge on any atom is 0.165 e. The summed E-state index contributed by atoms with van der Waals surface area (Å²) in [6.07, 6.45) is 9.82. The van der Waals surface area contributed by atoms with Gasteiger partial charge in [-0.15, -0.1) is 0 Å². The topological polar surface area (TPSA) is 37.3 Å². The van der Waals surface area contributed by atoms with Crippen LogP contribution < -0.4 is 0 Å². The van der Waals surface area contributed by atoms with E-state index in [0.717, 1.165) is 17.9 Å². The second kappa shape index (κ2) is 14.8. The van der Waals surface area contributed by atoms with Gasteiger partial charge in [-0.1, -0.05) is 84.6 Å². The molecule has 1 unspecified atom stereocenters. The normalized spacial score (nSPS) is 15.4. The van der Waals surface area contributed by atoms with Crippen molar-refractivity contribution in [1.82, 2.24) is 0 Å². The number of carbonyl (C=O) groups is 1. The van der Waals surface area contributed by atoms with Crippen LogP contribution in [0.1, 0.15) is 100 Å². The first-order chi connectivity index (χ1) is 15.2. The Balaban J connectivity index is 0.000000248. The van der Waals surface area contributed by atoms with Gasteiger partial charge in [0.05, 0.1) is 0 Å². The third-order valence-corrected chi connectivity index (χ3v) is 6.24. The SMILES string of the molecule is CC1CCc2ccccc2C1.CCC(=O)c1cc(C)c(O)c(F)c1.CCCC[C@H](C)CC. The van der Waals surface area contributed by atoms with Crippen molar-refractivity contribution >= 4 is 5.78 Å². The number of hydrogen-bond donors (Lipinski definition) is 1. The average Bonchev–Trinajstić information content (AvgIpc) is 2.80. The van der Waals surface area contributed by atoms with E-state index >= 15 is 0 Å². The van der Waals surface area contributed by atoms with Crippen molar-refractivity contribution in [2.75, 3.05) is 0 Å². The fraction of sp³-hybridized carbons (Fsp3) is 0.552. The number of Topliss-reactive ketones (excluding diaryl/α,β-unsaturated/α-hetero) is 1. The zero-order valence-electron chi connectivity index (χ0n) is 21.0. The molecule has 178 valence electrons. The lowest BCUT2D eigenvalue weighted by Crippen LogP contribution is -2.10. The molecular weight excluding hydrogens is 399 g/mol. The van der Waals surface area contributed by atoms with Gasteiger partial charge in [-0.3, -0.25) is 4.79 Å². The van der Waals surface area contributed by atoms with Gasteiger partial charge >= 0.3 is 0 Å². The van der Waals surface area contributed by atoms with Gasteiger partial charge in [-0.05, 0) is 66.8 Å². The molecule has 0 saturated heterocycles. The predicted octanol–water partition coefficient (Wildman–Crippen LogP) is 8.47. The summed E-state index contributed by atoms with van der Waals surface area (Å²) in [5, 5.41) is 9.10. The molecule has 2 aromatic rings. The van der Waals surface area contributed by atoms with Crippen molar-refractivity contribution < 1.29 is 14.3 Å². The number of phenolic OH excluding ortho intramolecular Hbond substituents is 1. The van der Waals surface area contributed by atoms with Crippen molar-refractivity contribution in [1.29, 1.82) is 0 Å². The lowest BCUT2D eigenvalue weighted by Gasteiger charge is -2.20. The first kappa shape index (κ1) is 27.9. The lowest BCUT2D eigenvalue weighted by molar-refractivity contribution is 0.0987. The van der Waals surface area contributed by atoms with Crippen molar-refractivity contribution in [2.24, 2.45) is 11.8 Å². The minimum atomic E-state index is -0.739. The van der Waals surface area contributed by atoms with Crippen molar-refractivity contribution in [3.63, 3.8) is 0 Å². The number of fused-ring (bicyclic) bond motifs is 1. The Labute approximate surface area is 195 Å². The third kappa shape index (κ3) is 9.54. The smallest absolute Gasteiger partial charge is 0.165 e. The van der Waals surface area contributed by atoms with Crippen molar-refractivity contribution in [3.05, 3.63) is 64.5 Å². The Kier molecular flexibility index (Phi) is 12.9. The molecule has 2 nitrogen and oxygen atoms in total. The number of benzene rings is 2. The summed E-state index contributed by atoms with van der Waals surface area (Å²) in [5.41, 5.74) is 3.85. The van der Waals surface area contributed by atoms with Gasteiger partial charge in [-0.2, -0.15) is 0 Å². The number of phenols is 1. The van der Waals surface area contributed by atoms with E-state index in [2.05, 4.69) is 52.0 Å². The summed E-state index contributed by atoms with van der Waals surface area (Å²) in [6, 6.07) is 11.4. The highest BCUT2D eigenvalue weighted by Gasteiger charge is 2.13. The Morgan fingerprint density at radius 1 is 1.16 bits per heavy atom. The summed E-state index contributed by atoms with van der Waals surface area (Å²) in [4.78, 5) is 11.2. The number of hydrogen-bond acceptors (Lipinski definition) is 2. The Bertz CT molecular complexity index is 805. The maximum atomic E-state index is 12.9. The van der Waals surface area contributed by atoms with E-state index < -0.39 is 5.82 Å². The first-order valence-corrected chi connectivity index (χ1v) is 12.3. The van der Waals surface area contributed by atoms with E-state index in [4.69, 9.17) is 5.11 Å². The van der Waals surface area contributed by atoms with Gasteiger partial charge < -0.3 is 5.11 Å². The molecule has 0 fully saturated rings. The van der Waals surface area contributed by atoms with Crippen LogP contribution in [0, 0.1) is 24.6 Å². The monoisotopic (exact) mass is 442 g/mol. The minimum Gasteiger partial charge on any atom is -0.505 e. The Morgan fingerprint density at radius 2 is 1.81 bits per heavy atom. The van der Waals surface area contributed by atoms with Crippen LogP contribution in [0.15, 0.2) is 36.4 Å². The number of aryl methyl sites for hydroxylation is 2.